The molecule has 0 spiro atoms. The SMILES string of the molecule is Cc1ccc(-c2cc(CN3CCN(C)CC3)ccc2C(N)=O)cc1N=C(N)N. The first-order chi connectivity index (χ1) is 13.3. The Balaban J connectivity index is 1.97. The Morgan fingerprint density at radius 3 is 2.39 bits per heavy atom. The fourth-order valence-electron chi connectivity index (χ4n) is 3.44. The number of hydrogen-bond donors (Lipinski definition) is 3. The number of likely N-dealkylation sites (N-methyl/N-ethyl adjacent to an activating group) is 1. The first-order valence-corrected chi connectivity index (χ1v) is 9.38. The summed E-state index contributed by atoms with van der Waals surface area (Å²) in [5.41, 5.74) is 21.6. The van der Waals surface area contributed by atoms with Gasteiger partial charge in [0.1, 0.15) is 0 Å². The molecule has 1 saturated heterocycles. The second-order valence-electron chi connectivity index (χ2n) is 7.36. The minimum atomic E-state index is -0.454. The number of carbonyl (C=O) groups is 1. The standard InChI is InChI=1S/C21H28N6O/c1-14-3-5-16(12-19(14)25-21(23)24)18-11-15(4-6-17(18)20(22)28)13-27-9-7-26(2)8-10-27/h3-6,11-12H,7-10,13H2,1-2H3,(H2,22,28)(H4,23,24,25). The average Bonchev–Trinajstić information content (AvgIpc) is 2.65. The van der Waals surface area contributed by atoms with Gasteiger partial charge in [-0.05, 0) is 54.4 Å². The third-order valence-electron chi connectivity index (χ3n) is 5.12. The first kappa shape index (κ1) is 19.9. The van der Waals surface area contributed by atoms with Gasteiger partial charge in [-0.3, -0.25) is 9.69 Å². The highest BCUT2D eigenvalue weighted by atomic mass is 16.1. The van der Waals surface area contributed by atoms with Crippen LogP contribution in [-0.4, -0.2) is 54.9 Å². The zero-order chi connectivity index (χ0) is 20.3. The molecule has 0 aliphatic carbocycles. The number of guanidine groups is 1. The second-order valence-corrected chi connectivity index (χ2v) is 7.36. The molecule has 2 aromatic carbocycles. The number of benzene rings is 2. The number of amides is 1. The Morgan fingerprint density at radius 1 is 1.04 bits per heavy atom. The van der Waals surface area contributed by atoms with E-state index >= 15 is 0 Å². The maximum absolute atomic E-state index is 12.0. The lowest BCUT2D eigenvalue weighted by Gasteiger charge is -2.32. The average molecular weight is 380 g/mol. The van der Waals surface area contributed by atoms with E-state index in [1.54, 1.807) is 0 Å². The number of nitrogens with two attached hydrogens (primary N) is 3. The number of aryl methyl sites for hydroxylation is 1. The van der Waals surface area contributed by atoms with Crippen LogP contribution in [0.3, 0.4) is 0 Å². The highest BCUT2D eigenvalue weighted by molar-refractivity contribution is 6.00. The van der Waals surface area contributed by atoms with Gasteiger partial charge in [0.15, 0.2) is 5.96 Å². The lowest BCUT2D eigenvalue weighted by atomic mass is 9.95. The molecule has 0 unspecified atom stereocenters. The van der Waals surface area contributed by atoms with Crippen LogP contribution in [0.4, 0.5) is 5.69 Å². The molecular weight excluding hydrogens is 352 g/mol. The van der Waals surface area contributed by atoms with E-state index < -0.39 is 5.91 Å². The van der Waals surface area contributed by atoms with Crippen molar-refractivity contribution in [1.82, 2.24) is 9.80 Å². The molecular formula is C21H28N6O. The fraction of sp³-hybridized carbons (Fsp3) is 0.333. The van der Waals surface area contributed by atoms with Gasteiger partial charge in [0.2, 0.25) is 5.91 Å². The number of hydrogen-bond acceptors (Lipinski definition) is 4. The molecule has 7 heteroatoms. The molecule has 7 nitrogen and oxygen atoms in total. The predicted molar refractivity (Wildman–Crippen MR) is 113 cm³/mol. The van der Waals surface area contributed by atoms with Crippen LogP contribution in [0.15, 0.2) is 41.4 Å². The van der Waals surface area contributed by atoms with Crippen molar-refractivity contribution in [2.45, 2.75) is 13.5 Å². The van der Waals surface area contributed by atoms with Gasteiger partial charge in [0.05, 0.1) is 5.69 Å². The summed E-state index contributed by atoms with van der Waals surface area (Å²) in [5, 5.41) is 0. The van der Waals surface area contributed by atoms with Crippen LogP contribution in [0, 0.1) is 6.92 Å². The van der Waals surface area contributed by atoms with Gasteiger partial charge in [-0.2, -0.15) is 0 Å². The van der Waals surface area contributed by atoms with E-state index in [9.17, 15) is 4.79 Å². The topological polar surface area (TPSA) is 114 Å². The van der Waals surface area contributed by atoms with E-state index in [2.05, 4.69) is 21.8 Å². The Labute approximate surface area is 165 Å². The maximum atomic E-state index is 12.0. The largest absolute Gasteiger partial charge is 0.370 e. The van der Waals surface area contributed by atoms with Crippen LogP contribution in [-0.2, 0) is 6.54 Å². The molecule has 1 fully saturated rings. The van der Waals surface area contributed by atoms with Crippen molar-refractivity contribution in [2.75, 3.05) is 33.2 Å². The summed E-state index contributed by atoms with van der Waals surface area (Å²) in [6.07, 6.45) is 0. The summed E-state index contributed by atoms with van der Waals surface area (Å²) in [6.45, 7) is 6.96. The highest BCUT2D eigenvalue weighted by Crippen LogP contribution is 2.30. The summed E-state index contributed by atoms with van der Waals surface area (Å²) in [4.78, 5) is 20.9. The van der Waals surface area contributed by atoms with Crippen molar-refractivity contribution in [3.05, 3.63) is 53.1 Å². The normalized spacial score (nSPS) is 15.4. The molecule has 3 rings (SSSR count). The second kappa shape index (κ2) is 8.41. The molecule has 1 heterocycles. The van der Waals surface area contributed by atoms with Crippen molar-refractivity contribution >= 4 is 17.6 Å². The van der Waals surface area contributed by atoms with Crippen LogP contribution in [0.25, 0.3) is 11.1 Å². The monoisotopic (exact) mass is 380 g/mol. The summed E-state index contributed by atoms with van der Waals surface area (Å²) < 4.78 is 0. The van der Waals surface area contributed by atoms with Gasteiger partial charge in [-0.15, -0.1) is 0 Å². The van der Waals surface area contributed by atoms with Crippen molar-refractivity contribution in [3.8, 4) is 11.1 Å². The maximum Gasteiger partial charge on any atom is 0.249 e. The quantitative estimate of drug-likeness (QED) is 0.536. The molecule has 0 bridgehead atoms. The summed E-state index contributed by atoms with van der Waals surface area (Å²) >= 11 is 0. The minimum absolute atomic E-state index is 0.000748. The number of piperazine rings is 1. The summed E-state index contributed by atoms with van der Waals surface area (Å²) in [7, 11) is 2.14. The lowest BCUT2D eigenvalue weighted by Crippen LogP contribution is -2.43. The van der Waals surface area contributed by atoms with Crippen LogP contribution in [0.1, 0.15) is 21.5 Å². The molecule has 2 aromatic rings. The first-order valence-electron chi connectivity index (χ1n) is 9.38. The number of primary amides is 1. The predicted octanol–water partition coefficient (Wildman–Crippen LogP) is 1.41. The Kier molecular flexibility index (Phi) is 5.96. The van der Waals surface area contributed by atoms with Crippen molar-refractivity contribution in [3.63, 3.8) is 0 Å². The molecule has 0 radical (unpaired) electrons. The Hall–Kier alpha value is -2.90. The summed E-state index contributed by atoms with van der Waals surface area (Å²) in [5.74, 6) is -0.454. The van der Waals surface area contributed by atoms with Gasteiger partial charge < -0.3 is 22.1 Å². The number of aliphatic imine (C=N–C) groups is 1. The molecule has 0 aromatic heterocycles. The third kappa shape index (κ3) is 4.68. The van der Waals surface area contributed by atoms with Gasteiger partial charge in [0, 0.05) is 38.3 Å². The Bertz CT molecular complexity index is 896. The van der Waals surface area contributed by atoms with E-state index in [0.717, 1.165) is 55.0 Å². The van der Waals surface area contributed by atoms with Crippen molar-refractivity contribution in [1.29, 1.82) is 0 Å². The van der Waals surface area contributed by atoms with Gasteiger partial charge in [0.25, 0.3) is 0 Å². The van der Waals surface area contributed by atoms with Gasteiger partial charge >= 0.3 is 0 Å². The number of carbonyl (C=O) groups excluding carboxylic acids is 1. The van der Waals surface area contributed by atoms with Gasteiger partial charge in [-0.1, -0.05) is 18.2 Å². The van der Waals surface area contributed by atoms with Crippen LogP contribution in [0.2, 0.25) is 0 Å². The zero-order valence-electron chi connectivity index (χ0n) is 16.5. The van der Waals surface area contributed by atoms with Crippen LogP contribution >= 0.6 is 0 Å². The zero-order valence-corrected chi connectivity index (χ0v) is 16.5. The minimum Gasteiger partial charge on any atom is -0.370 e. The van der Waals surface area contributed by atoms with E-state index in [-0.39, 0.29) is 5.96 Å². The highest BCUT2D eigenvalue weighted by Gasteiger charge is 2.16. The van der Waals surface area contributed by atoms with E-state index in [0.29, 0.717) is 11.3 Å². The molecule has 1 aliphatic rings. The van der Waals surface area contributed by atoms with Crippen molar-refractivity contribution in [2.24, 2.45) is 22.2 Å². The lowest BCUT2D eigenvalue weighted by molar-refractivity contribution is 0.100. The molecule has 28 heavy (non-hydrogen) atoms. The van der Waals surface area contributed by atoms with Crippen molar-refractivity contribution < 1.29 is 4.79 Å². The molecule has 6 N–H and O–H groups in total. The van der Waals surface area contributed by atoms with E-state index in [1.807, 2.05) is 43.3 Å². The van der Waals surface area contributed by atoms with Gasteiger partial charge in [-0.25, -0.2) is 4.99 Å². The molecule has 0 atom stereocenters. The molecule has 148 valence electrons. The van der Waals surface area contributed by atoms with Crippen LogP contribution in [0.5, 0.6) is 0 Å². The number of nitrogens with zero attached hydrogens (tertiary/aromatic N) is 3. The smallest absolute Gasteiger partial charge is 0.249 e. The molecule has 1 amide bonds. The third-order valence-corrected chi connectivity index (χ3v) is 5.12. The Morgan fingerprint density at radius 2 is 1.75 bits per heavy atom. The van der Waals surface area contributed by atoms with E-state index in [4.69, 9.17) is 17.2 Å². The van der Waals surface area contributed by atoms with E-state index in [1.165, 1.54) is 0 Å². The molecule has 1 aliphatic heterocycles. The number of rotatable bonds is 5. The summed E-state index contributed by atoms with van der Waals surface area (Å²) in [6, 6.07) is 11.6. The van der Waals surface area contributed by atoms with Crippen LogP contribution < -0.4 is 17.2 Å². The molecule has 0 saturated carbocycles. The fourth-order valence-corrected chi connectivity index (χ4v) is 3.44.